The van der Waals surface area contributed by atoms with Gasteiger partial charge in [0.2, 0.25) is 5.91 Å². The molecule has 1 aliphatic carbocycles. The number of fused-ring (bicyclic) bond motifs is 1. The number of hydrogen-bond donors (Lipinski definition) is 1. The highest BCUT2D eigenvalue weighted by Gasteiger charge is 2.22. The lowest BCUT2D eigenvalue weighted by molar-refractivity contribution is -0.137. The largest absolute Gasteiger partial charge is 0.481 e. The van der Waals surface area contributed by atoms with Crippen LogP contribution in [0.3, 0.4) is 0 Å². The van der Waals surface area contributed by atoms with Crippen LogP contribution in [-0.4, -0.2) is 38.2 Å². The van der Waals surface area contributed by atoms with Crippen LogP contribution in [0.4, 0.5) is 0 Å². The molecule has 1 amide bonds. The van der Waals surface area contributed by atoms with E-state index in [0.29, 0.717) is 19.4 Å². The second-order valence-electron chi connectivity index (χ2n) is 7.46. The van der Waals surface area contributed by atoms with E-state index in [1.54, 1.807) is 0 Å². The van der Waals surface area contributed by atoms with Gasteiger partial charge in [-0.25, -0.2) is 0 Å². The summed E-state index contributed by atoms with van der Waals surface area (Å²) >= 11 is 0. The number of carbonyl (C=O) groups excluding carboxylic acids is 1. The van der Waals surface area contributed by atoms with Crippen molar-refractivity contribution in [2.45, 2.75) is 77.3 Å². The summed E-state index contributed by atoms with van der Waals surface area (Å²) in [5, 5.41) is 13.3. The Hall–Kier alpha value is -1.85. The fraction of sp³-hybridized carbons (Fsp3) is 0.737. The molecule has 3 rings (SSSR count). The smallest absolute Gasteiger partial charge is 0.303 e. The summed E-state index contributed by atoms with van der Waals surface area (Å²) in [4.78, 5) is 25.3. The number of aromatic nitrogens is 2. The molecule has 138 valence electrons. The van der Waals surface area contributed by atoms with Crippen molar-refractivity contribution >= 4 is 11.9 Å². The second-order valence-corrected chi connectivity index (χ2v) is 7.46. The molecule has 1 aromatic heterocycles. The number of aliphatic carboxylic acids is 1. The maximum Gasteiger partial charge on any atom is 0.303 e. The van der Waals surface area contributed by atoms with Gasteiger partial charge in [-0.15, -0.1) is 0 Å². The summed E-state index contributed by atoms with van der Waals surface area (Å²) in [5.74, 6) is 0.188. The van der Waals surface area contributed by atoms with Gasteiger partial charge in [0, 0.05) is 25.9 Å². The maximum atomic E-state index is 12.6. The van der Waals surface area contributed by atoms with E-state index < -0.39 is 5.97 Å². The average molecular weight is 347 g/mol. The van der Waals surface area contributed by atoms with Gasteiger partial charge in [-0.1, -0.05) is 32.1 Å². The molecule has 0 spiro atoms. The lowest BCUT2D eigenvalue weighted by atomic mass is 9.86. The number of carbonyl (C=O) groups is 2. The van der Waals surface area contributed by atoms with Crippen molar-refractivity contribution in [3.8, 4) is 0 Å². The highest BCUT2D eigenvalue weighted by molar-refractivity contribution is 5.76. The van der Waals surface area contributed by atoms with E-state index >= 15 is 0 Å². The zero-order valence-electron chi connectivity index (χ0n) is 15.0. The van der Waals surface area contributed by atoms with Crippen LogP contribution in [0.15, 0.2) is 6.07 Å². The normalized spacial score (nSPS) is 18.6. The van der Waals surface area contributed by atoms with Crippen LogP contribution in [0.5, 0.6) is 0 Å². The van der Waals surface area contributed by atoms with E-state index in [1.807, 2.05) is 15.6 Å². The van der Waals surface area contributed by atoms with E-state index in [2.05, 4.69) is 5.10 Å². The highest BCUT2D eigenvalue weighted by Crippen LogP contribution is 2.27. The molecular weight excluding hydrogens is 318 g/mol. The minimum Gasteiger partial charge on any atom is -0.481 e. The van der Waals surface area contributed by atoms with E-state index in [4.69, 9.17) is 5.11 Å². The molecule has 0 bridgehead atoms. The zero-order chi connectivity index (χ0) is 17.6. The van der Waals surface area contributed by atoms with Crippen LogP contribution in [0.1, 0.15) is 69.2 Å². The SMILES string of the molecule is O=C(O)CCc1cc2n(n1)CCCN(C(=O)CCC1CCCCC1)C2. The van der Waals surface area contributed by atoms with Crippen LogP contribution >= 0.6 is 0 Å². The minimum absolute atomic E-state index is 0.0977. The van der Waals surface area contributed by atoms with Gasteiger partial charge >= 0.3 is 5.97 Å². The molecule has 1 aromatic rings. The molecule has 0 unspecified atom stereocenters. The number of nitrogens with zero attached hydrogens (tertiary/aromatic N) is 3. The molecule has 6 heteroatoms. The van der Waals surface area contributed by atoms with Crippen molar-refractivity contribution in [1.82, 2.24) is 14.7 Å². The van der Waals surface area contributed by atoms with Crippen LogP contribution in [0, 0.1) is 5.92 Å². The first-order valence-electron chi connectivity index (χ1n) is 9.67. The van der Waals surface area contributed by atoms with Gasteiger partial charge in [0.05, 0.1) is 24.4 Å². The lowest BCUT2D eigenvalue weighted by Crippen LogP contribution is -2.31. The van der Waals surface area contributed by atoms with E-state index in [0.717, 1.165) is 43.2 Å². The Balaban J connectivity index is 1.54. The summed E-state index contributed by atoms with van der Waals surface area (Å²) in [7, 11) is 0. The summed E-state index contributed by atoms with van der Waals surface area (Å²) < 4.78 is 1.95. The number of carboxylic acid groups (broad SMARTS) is 1. The van der Waals surface area contributed by atoms with Crippen LogP contribution in [-0.2, 0) is 29.1 Å². The highest BCUT2D eigenvalue weighted by atomic mass is 16.4. The van der Waals surface area contributed by atoms with Gasteiger partial charge in [0.1, 0.15) is 0 Å². The number of amides is 1. The molecule has 0 aromatic carbocycles. The molecule has 6 nitrogen and oxygen atoms in total. The van der Waals surface area contributed by atoms with Crippen LogP contribution in [0.2, 0.25) is 0 Å². The number of rotatable bonds is 6. The third kappa shape index (κ3) is 5.06. The molecular formula is C19H29N3O3. The minimum atomic E-state index is -0.803. The summed E-state index contributed by atoms with van der Waals surface area (Å²) in [6, 6.07) is 1.97. The van der Waals surface area contributed by atoms with E-state index in [1.165, 1.54) is 32.1 Å². The molecule has 2 aliphatic rings. The predicted molar refractivity (Wildman–Crippen MR) is 94.0 cm³/mol. The number of aryl methyl sites for hydroxylation is 2. The third-order valence-corrected chi connectivity index (χ3v) is 5.50. The van der Waals surface area contributed by atoms with E-state index in [9.17, 15) is 9.59 Å². The Labute approximate surface area is 149 Å². The molecule has 1 saturated carbocycles. The Morgan fingerprint density at radius 3 is 2.68 bits per heavy atom. The monoisotopic (exact) mass is 347 g/mol. The van der Waals surface area contributed by atoms with Crippen molar-refractivity contribution in [3.05, 3.63) is 17.5 Å². The van der Waals surface area contributed by atoms with Gasteiger partial charge in [-0.05, 0) is 24.8 Å². The topological polar surface area (TPSA) is 75.4 Å². The molecule has 1 fully saturated rings. The molecule has 25 heavy (non-hydrogen) atoms. The first kappa shape index (κ1) is 18.0. The first-order chi connectivity index (χ1) is 12.1. The maximum absolute atomic E-state index is 12.6. The molecule has 2 heterocycles. The van der Waals surface area contributed by atoms with Gasteiger partial charge < -0.3 is 10.0 Å². The molecule has 0 atom stereocenters. The summed E-state index contributed by atoms with van der Waals surface area (Å²) in [6.07, 6.45) is 9.70. The predicted octanol–water partition coefficient (Wildman–Crippen LogP) is 2.99. The van der Waals surface area contributed by atoms with Gasteiger partial charge in [-0.3, -0.25) is 14.3 Å². The van der Waals surface area contributed by atoms with E-state index in [-0.39, 0.29) is 12.3 Å². The first-order valence-corrected chi connectivity index (χ1v) is 9.67. The fourth-order valence-electron chi connectivity index (χ4n) is 4.05. The second kappa shape index (κ2) is 8.50. The summed E-state index contributed by atoms with van der Waals surface area (Å²) in [5.41, 5.74) is 1.85. The van der Waals surface area contributed by atoms with Gasteiger partial charge in [0.15, 0.2) is 0 Å². The lowest BCUT2D eigenvalue weighted by Gasteiger charge is -2.24. The van der Waals surface area contributed by atoms with Gasteiger partial charge in [-0.2, -0.15) is 5.10 Å². The van der Waals surface area contributed by atoms with Crippen molar-refractivity contribution < 1.29 is 14.7 Å². The quantitative estimate of drug-likeness (QED) is 0.858. The third-order valence-electron chi connectivity index (χ3n) is 5.50. The Kier molecular flexibility index (Phi) is 6.10. The van der Waals surface area contributed by atoms with Crippen LogP contribution in [0.25, 0.3) is 0 Å². The fourth-order valence-corrected chi connectivity index (χ4v) is 4.05. The molecule has 0 saturated heterocycles. The van der Waals surface area contributed by atoms with Crippen molar-refractivity contribution in [2.24, 2.45) is 5.92 Å². The van der Waals surface area contributed by atoms with Crippen molar-refractivity contribution in [2.75, 3.05) is 6.54 Å². The molecule has 1 aliphatic heterocycles. The van der Waals surface area contributed by atoms with Crippen molar-refractivity contribution in [1.29, 1.82) is 0 Å². The summed E-state index contributed by atoms with van der Waals surface area (Å²) in [6.45, 7) is 2.19. The number of hydrogen-bond acceptors (Lipinski definition) is 3. The Morgan fingerprint density at radius 1 is 1.12 bits per heavy atom. The van der Waals surface area contributed by atoms with Gasteiger partial charge in [0.25, 0.3) is 0 Å². The standard InChI is InChI=1S/C19H29N3O3/c23-18(9-7-15-5-2-1-3-6-15)21-11-4-12-22-17(14-21)13-16(20-22)8-10-19(24)25/h13,15H,1-12,14H2,(H,24,25). The molecule has 1 N–H and O–H groups in total. The number of carboxylic acids is 1. The van der Waals surface area contributed by atoms with Crippen molar-refractivity contribution in [3.63, 3.8) is 0 Å². The zero-order valence-corrected chi connectivity index (χ0v) is 15.0. The van der Waals surface area contributed by atoms with Crippen LogP contribution < -0.4 is 0 Å². The average Bonchev–Trinajstić information content (AvgIpc) is 2.89. The Morgan fingerprint density at radius 2 is 1.92 bits per heavy atom. The molecule has 0 radical (unpaired) electrons. The Bertz CT molecular complexity index is 605.